The van der Waals surface area contributed by atoms with E-state index in [0.29, 0.717) is 5.56 Å². The summed E-state index contributed by atoms with van der Waals surface area (Å²) in [5, 5.41) is 20.0. The highest BCUT2D eigenvalue weighted by Crippen LogP contribution is 2.06. The van der Waals surface area contributed by atoms with Crippen molar-refractivity contribution in [1.82, 2.24) is 5.32 Å². The average Bonchev–Trinajstić information content (AvgIpc) is 2.42. The molecule has 0 unspecified atom stereocenters. The summed E-state index contributed by atoms with van der Waals surface area (Å²) in [6.07, 6.45) is -0.232. The van der Waals surface area contributed by atoms with Gasteiger partial charge in [0, 0.05) is 12.0 Å². The number of amides is 2. The van der Waals surface area contributed by atoms with Gasteiger partial charge in [-0.1, -0.05) is 6.07 Å². The largest absolute Gasteiger partial charge is 0.480 e. The van der Waals surface area contributed by atoms with Crippen molar-refractivity contribution in [2.75, 3.05) is 0 Å². The first-order valence-electron chi connectivity index (χ1n) is 5.76. The summed E-state index contributed by atoms with van der Waals surface area (Å²) >= 11 is 0. The van der Waals surface area contributed by atoms with E-state index in [1.54, 1.807) is 0 Å². The summed E-state index contributed by atoms with van der Waals surface area (Å²) in [5.41, 5.74) is 5.41. The predicted octanol–water partition coefficient (Wildman–Crippen LogP) is 0.00678. The van der Waals surface area contributed by atoms with Crippen LogP contribution in [0.1, 0.15) is 28.8 Å². The Hall–Kier alpha value is -2.88. The number of nitrogens with one attached hydrogen (secondary N) is 1. The second-order valence-electron chi connectivity index (χ2n) is 4.06. The molecule has 7 nitrogen and oxygen atoms in total. The Balaban J connectivity index is 2.77. The van der Waals surface area contributed by atoms with Gasteiger partial charge in [0.05, 0.1) is 11.6 Å². The lowest BCUT2D eigenvalue weighted by atomic mass is 10.1. The molecule has 0 radical (unpaired) electrons. The number of aliphatic carboxylic acids is 1. The van der Waals surface area contributed by atoms with Crippen LogP contribution in [0.15, 0.2) is 24.3 Å². The molecule has 1 atom stereocenters. The van der Waals surface area contributed by atoms with Gasteiger partial charge in [-0.15, -0.1) is 0 Å². The fourth-order valence-corrected chi connectivity index (χ4v) is 1.52. The van der Waals surface area contributed by atoms with Gasteiger partial charge in [-0.3, -0.25) is 9.59 Å². The zero-order valence-electron chi connectivity index (χ0n) is 10.5. The van der Waals surface area contributed by atoms with Crippen molar-refractivity contribution in [2.45, 2.75) is 18.9 Å². The average molecular weight is 275 g/mol. The van der Waals surface area contributed by atoms with Crippen LogP contribution in [0.5, 0.6) is 0 Å². The molecule has 0 bridgehead atoms. The molecule has 0 saturated carbocycles. The summed E-state index contributed by atoms with van der Waals surface area (Å²) in [6.45, 7) is 0. The van der Waals surface area contributed by atoms with Crippen LogP contribution >= 0.6 is 0 Å². The summed E-state index contributed by atoms with van der Waals surface area (Å²) in [7, 11) is 0. The first-order valence-corrected chi connectivity index (χ1v) is 5.76. The molecule has 0 saturated heterocycles. The third-order valence-electron chi connectivity index (χ3n) is 2.54. The number of hydrogen-bond acceptors (Lipinski definition) is 4. The molecular weight excluding hydrogens is 262 g/mol. The Kier molecular flexibility index (Phi) is 5.23. The van der Waals surface area contributed by atoms with Gasteiger partial charge in [0.1, 0.15) is 6.04 Å². The maximum atomic E-state index is 11.9. The number of nitriles is 1. The van der Waals surface area contributed by atoms with Gasteiger partial charge in [0.15, 0.2) is 0 Å². The zero-order valence-corrected chi connectivity index (χ0v) is 10.5. The summed E-state index contributed by atoms with van der Waals surface area (Å²) < 4.78 is 0. The van der Waals surface area contributed by atoms with Crippen molar-refractivity contribution in [3.8, 4) is 6.07 Å². The van der Waals surface area contributed by atoms with Crippen LogP contribution in [0, 0.1) is 11.3 Å². The van der Waals surface area contributed by atoms with Crippen LogP contribution in [0.25, 0.3) is 0 Å². The Morgan fingerprint density at radius 2 is 2.10 bits per heavy atom. The molecule has 7 heteroatoms. The highest BCUT2D eigenvalue weighted by Gasteiger charge is 2.21. The molecule has 104 valence electrons. The molecule has 0 fully saturated rings. The SMILES string of the molecule is N#Cc1cccc(C(=O)N[C@H](CCC(N)=O)C(=O)O)c1. The van der Waals surface area contributed by atoms with E-state index in [2.05, 4.69) is 5.32 Å². The van der Waals surface area contributed by atoms with E-state index in [4.69, 9.17) is 16.1 Å². The first kappa shape index (κ1) is 15.2. The Morgan fingerprint density at radius 1 is 1.40 bits per heavy atom. The third kappa shape index (κ3) is 4.42. The van der Waals surface area contributed by atoms with Crippen LogP contribution < -0.4 is 11.1 Å². The van der Waals surface area contributed by atoms with E-state index in [0.717, 1.165) is 0 Å². The minimum Gasteiger partial charge on any atom is -0.480 e. The van der Waals surface area contributed by atoms with E-state index in [-0.39, 0.29) is 18.4 Å². The Labute approximate surface area is 115 Å². The van der Waals surface area contributed by atoms with Crippen molar-refractivity contribution in [1.29, 1.82) is 5.26 Å². The standard InChI is InChI=1S/C13H13N3O4/c14-7-8-2-1-3-9(6-8)12(18)16-10(13(19)20)4-5-11(15)17/h1-3,6,10H,4-5H2,(H2,15,17)(H,16,18)(H,19,20)/t10-/m1/s1. The van der Waals surface area contributed by atoms with Crippen LogP contribution in [0.2, 0.25) is 0 Å². The molecular formula is C13H13N3O4. The van der Waals surface area contributed by atoms with Crippen molar-refractivity contribution in [3.05, 3.63) is 35.4 Å². The first-order chi connectivity index (χ1) is 9.43. The molecule has 0 aliphatic heterocycles. The molecule has 20 heavy (non-hydrogen) atoms. The number of nitrogens with two attached hydrogens (primary N) is 1. The van der Waals surface area contributed by atoms with Gasteiger partial charge in [-0.25, -0.2) is 4.79 Å². The summed E-state index contributed by atoms with van der Waals surface area (Å²) in [5.74, 6) is -2.52. The van der Waals surface area contributed by atoms with Crippen molar-refractivity contribution < 1.29 is 19.5 Å². The fourth-order valence-electron chi connectivity index (χ4n) is 1.52. The Bertz CT molecular complexity index is 577. The van der Waals surface area contributed by atoms with Gasteiger partial charge in [-0.2, -0.15) is 5.26 Å². The predicted molar refractivity (Wildman–Crippen MR) is 68.5 cm³/mol. The number of rotatable bonds is 6. The van der Waals surface area contributed by atoms with Crippen molar-refractivity contribution in [2.24, 2.45) is 5.73 Å². The summed E-state index contributed by atoms with van der Waals surface area (Å²) in [4.78, 5) is 33.5. The van der Waals surface area contributed by atoms with Crippen LogP contribution in [0.4, 0.5) is 0 Å². The third-order valence-corrected chi connectivity index (χ3v) is 2.54. The lowest BCUT2D eigenvalue weighted by Gasteiger charge is -2.13. The molecule has 2 amide bonds. The zero-order chi connectivity index (χ0) is 15.1. The molecule has 0 aliphatic carbocycles. The molecule has 1 rings (SSSR count). The second kappa shape index (κ2) is 6.89. The van der Waals surface area contributed by atoms with E-state index in [1.165, 1.54) is 24.3 Å². The van der Waals surface area contributed by atoms with E-state index < -0.39 is 23.8 Å². The monoisotopic (exact) mass is 275 g/mol. The number of nitrogens with zero attached hydrogens (tertiary/aromatic N) is 1. The molecule has 0 spiro atoms. The summed E-state index contributed by atoms with van der Waals surface area (Å²) in [6, 6.07) is 6.53. The Morgan fingerprint density at radius 3 is 2.65 bits per heavy atom. The highest BCUT2D eigenvalue weighted by molar-refractivity contribution is 5.96. The normalized spacial score (nSPS) is 11.2. The van der Waals surface area contributed by atoms with Gasteiger partial charge >= 0.3 is 5.97 Å². The maximum Gasteiger partial charge on any atom is 0.326 e. The van der Waals surface area contributed by atoms with E-state index in [1.807, 2.05) is 6.07 Å². The van der Waals surface area contributed by atoms with E-state index in [9.17, 15) is 14.4 Å². The van der Waals surface area contributed by atoms with Crippen LogP contribution in [-0.4, -0.2) is 28.9 Å². The van der Waals surface area contributed by atoms with Gasteiger partial charge in [-0.05, 0) is 24.6 Å². The lowest BCUT2D eigenvalue weighted by molar-refractivity contribution is -0.139. The van der Waals surface area contributed by atoms with Gasteiger partial charge in [0.25, 0.3) is 5.91 Å². The number of primary amides is 1. The number of carbonyl (C=O) groups is 3. The van der Waals surface area contributed by atoms with Crippen molar-refractivity contribution >= 4 is 17.8 Å². The van der Waals surface area contributed by atoms with Gasteiger partial charge in [0.2, 0.25) is 5.91 Å². The minimum absolute atomic E-state index is 0.0889. The molecule has 1 aromatic carbocycles. The molecule has 0 aliphatic rings. The maximum absolute atomic E-state index is 11.9. The minimum atomic E-state index is -1.25. The van der Waals surface area contributed by atoms with Crippen LogP contribution in [0.3, 0.4) is 0 Å². The molecule has 1 aromatic rings. The number of carboxylic acid groups (broad SMARTS) is 1. The molecule has 0 aromatic heterocycles. The topological polar surface area (TPSA) is 133 Å². The smallest absolute Gasteiger partial charge is 0.326 e. The van der Waals surface area contributed by atoms with E-state index >= 15 is 0 Å². The molecule has 0 heterocycles. The number of benzene rings is 1. The van der Waals surface area contributed by atoms with Crippen molar-refractivity contribution in [3.63, 3.8) is 0 Å². The van der Waals surface area contributed by atoms with Gasteiger partial charge < -0.3 is 16.2 Å². The van der Waals surface area contributed by atoms with Crippen LogP contribution in [-0.2, 0) is 9.59 Å². The number of carbonyl (C=O) groups excluding carboxylic acids is 2. The quantitative estimate of drug-likeness (QED) is 0.672. The lowest BCUT2D eigenvalue weighted by Crippen LogP contribution is -2.41. The fraction of sp³-hybridized carbons (Fsp3) is 0.231. The number of hydrogen-bond donors (Lipinski definition) is 3. The number of carboxylic acids is 1. The highest BCUT2D eigenvalue weighted by atomic mass is 16.4. The molecule has 4 N–H and O–H groups in total. The second-order valence-corrected chi connectivity index (χ2v) is 4.06.